The number of nitrogens with zero attached hydrogens (tertiary/aromatic N) is 2. The molecule has 2 amide bonds. The van der Waals surface area contributed by atoms with Gasteiger partial charge in [-0.25, -0.2) is 0 Å². The van der Waals surface area contributed by atoms with E-state index >= 15 is 0 Å². The molecule has 0 bridgehead atoms. The summed E-state index contributed by atoms with van der Waals surface area (Å²) in [5, 5.41) is 2.92. The second-order valence-corrected chi connectivity index (χ2v) is 7.49. The van der Waals surface area contributed by atoms with Crippen molar-refractivity contribution in [2.45, 2.75) is 6.42 Å². The fourth-order valence-corrected chi connectivity index (χ4v) is 3.78. The lowest BCUT2D eigenvalue weighted by Gasteiger charge is -2.25. The molecule has 0 saturated carbocycles. The van der Waals surface area contributed by atoms with Crippen LogP contribution in [0.2, 0.25) is 0 Å². The summed E-state index contributed by atoms with van der Waals surface area (Å²) >= 11 is 3.47. The first kappa shape index (κ1) is 18.6. The molecule has 0 spiro atoms. The summed E-state index contributed by atoms with van der Waals surface area (Å²) in [6.07, 6.45) is 0.353. The molecule has 0 fully saturated rings. The number of amides is 2. The molecule has 0 radical (unpaired) electrons. The number of ether oxygens (including phenoxy) is 2. The fourth-order valence-electron chi connectivity index (χ4n) is 3.36. The number of para-hydroxylation sites is 2. The van der Waals surface area contributed by atoms with Crippen LogP contribution in [0, 0.1) is 0 Å². The third kappa shape index (κ3) is 3.64. The molecule has 0 saturated heterocycles. The molecule has 2 aliphatic rings. The minimum absolute atomic E-state index is 0.0324. The number of carbonyl (C=O) groups excluding carboxylic acids is 2. The van der Waals surface area contributed by atoms with E-state index in [1.807, 2.05) is 29.2 Å². The van der Waals surface area contributed by atoms with E-state index in [9.17, 15) is 9.59 Å². The van der Waals surface area contributed by atoms with Crippen molar-refractivity contribution in [2.24, 2.45) is 0 Å². The van der Waals surface area contributed by atoms with Crippen molar-refractivity contribution in [3.8, 4) is 11.5 Å². The molecular formula is C20H20BrN3O4. The first-order chi connectivity index (χ1) is 13.5. The Bertz CT molecular complexity index is 934. The van der Waals surface area contributed by atoms with E-state index in [1.165, 1.54) is 0 Å². The predicted octanol–water partition coefficient (Wildman–Crippen LogP) is 3.03. The highest BCUT2D eigenvalue weighted by atomic mass is 79.9. The summed E-state index contributed by atoms with van der Waals surface area (Å²) in [5.41, 5.74) is 2.29. The molecule has 4 rings (SSSR count). The van der Waals surface area contributed by atoms with Gasteiger partial charge in [-0.2, -0.15) is 0 Å². The van der Waals surface area contributed by atoms with Gasteiger partial charge in [-0.3, -0.25) is 9.59 Å². The maximum atomic E-state index is 12.7. The number of benzene rings is 2. The highest BCUT2D eigenvalue weighted by molar-refractivity contribution is 9.10. The van der Waals surface area contributed by atoms with Gasteiger partial charge >= 0.3 is 0 Å². The van der Waals surface area contributed by atoms with Crippen LogP contribution < -0.4 is 24.6 Å². The number of hydrogen-bond donors (Lipinski definition) is 1. The number of fused-ring (bicyclic) bond motifs is 2. The lowest BCUT2D eigenvalue weighted by Crippen LogP contribution is -2.34. The normalized spacial score (nSPS) is 15.7. The molecule has 2 heterocycles. The van der Waals surface area contributed by atoms with Crippen LogP contribution >= 0.6 is 15.9 Å². The van der Waals surface area contributed by atoms with Gasteiger partial charge in [-0.05, 0) is 28.1 Å². The van der Waals surface area contributed by atoms with E-state index in [1.54, 1.807) is 24.1 Å². The summed E-state index contributed by atoms with van der Waals surface area (Å²) in [5.74, 6) is 1.12. The third-order valence-electron chi connectivity index (χ3n) is 4.79. The Morgan fingerprint density at radius 3 is 2.57 bits per heavy atom. The Hall–Kier alpha value is -2.74. The van der Waals surface area contributed by atoms with Crippen molar-refractivity contribution in [2.75, 3.05) is 48.5 Å². The fraction of sp³-hybridized carbons (Fsp3) is 0.300. The van der Waals surface area contributed by atoms with Gasteiger partial charge in [0.05, 0.1) is 23.6 Å². The molecular weight excluding hydrogens is 426 g/mol. The van der Waals surface area contributed by atoms with Crippen LogP contribution in [-0.2, 0) is 9.59 Å². The van der Waals surface area contributed by atoms with Gasteiger partial charge in [0, 0.05) is 36.6 Å². The first-order valence-corrected chi connectivity index (χ1v) is 9.82. The van der Waals surface area contributed by atoms with Crippen molar-refractivity contribution in [1.82, 2.24) is 0 Å². The van der Waals surface area contributed by atoms with E-state index in [2.05, 4.69) is 21.2 Å². The highest BCUT2D eigenvalue weighted by Crippen LogP contribution is 2.38. The minimum Gasteiger partial charge on any atom is -0.486 e. The second-order valence-electron chi connectivity index (χ2n) is 6.64. The molecule has 0 atom stereocenters. The van der Waals surface area contributed by atoms with Crippen molar-refractivity contribution < 1.29 is 19.1 Å². The van der Waals surface area contributed by atoms with Gasteiger partial charge in [-0.1, -0.05) is 12.1 Å². The average molecular weight is 446 g/mol. The third-order valence-corrected chi connectivity index (χ3v) is 5.45. The summed E-state index contributed by atoms with van der Waals surface area (Å²) in [7, 11) is 1.76. The molecule has 2 aliphatic heterocycles. The molecule has 8 heteroatoms. The summed E-state index contributed by atoms with van der Waals surface area (Å²) in [4.78, 5) is 28.6. The molecule has 2 aromatic rings. The lowest BCUT2D eigenvalue weighted by molar-refractivity contribution is -0.118. The standard InChI is InChI=1S/C20H20BrN3O4/c1-23-15-4-2-3-5-16(15)24(7-6-20(23)26)12-19(25)22-14-11-18-17(10-13(14)21)27-8-9-28-18/h2-5,10-11H,6-9,12H2,1H3,(H,22,25). The lowest BCUT2D eigenvalue weighted by atomic mass is 10.2. The largest absolute Gasteiger partial charge is 0.486 e. The molecule has 0 aliphatic carbocycles. The maximum Gasteiger partial charge on any atom is 0.243 e. The second kappa shape index (κ2) is 7.71. The van der Waals surface area contributed by atoms with E-state index in [0.717, 1.165) is 15.8 Å². The number of rotatable bonds is 3. The number of halogens is 1. The van der Waals surface area contributed by atoms with Gasteiger partial charge in [-0.15, -0.1) is 0 Å². The Morgan fingerprint density at radius 2 is 1.82 bits per heavy atom. The molecule has 0 unspecified atom stereocenters. The molecule has 0 aromatic heterocycles. The van der Waals surface area contributed by atoms with Crippen LogP contribution in [0.25, 0.3) is 0 Å². The molecule has 2 aromatic carbocycles. The van der Waals surface area contributed by atoms with Crippen LogP contribution in [0.4, 0.5) is 17.1 Å². The van der Waals surface area contributed by atoms with E-state index < -0.39 is 0 Å². The Kier molecular flexibility index (Phi) is 5.13. The summed E-state index contributed by atoms with van der Waals surface area (Å²) in [6.45, 7) is 1.61. The number of carbonyl (C=O) groups is 2. The molecule has 1 N–H and O–H groups in total. The van der Waals surface area contributed by atoms with Crippen LogP contribution in [0.1, 0.15) is 6.42 Å². The smallest absolute Gasteiger partial charge is 0.243 e. The van der Waals surface area contributed by atoms with Crippen LogP contribution in [-0.4, -0.2) is 45.2 Å². The van der Waals surface area contributed by atoms with Crippen molar-refractivity contribution in [3.63, 3.8) is 0 Å². The Morgan fingerprint density at radius 1 is 1.14 bits per heavy atom. The molecule has 146 valence electrons. The first-order valence-electron chi connectivity index (χ1n) is 9.02. The van der Waals surface area contributed by atoms with Crippen LogP contribution in [0.15, 0.2) is 40.9 Å². The van der Waals surface area contributed by atoms with E-state index in [-0.39, 0.29) is 18.4 Å². The van der Waals surface area contributed by atoms with Crippen molar-refractivity contribution in [3.05, 3.63) is 40.9 Å². The van der Waals surface area contributed by atoms with Crippen molar-refractivity contribution >= 4 is 44.8 Å². The van der Waals surface area contributed by atoms with Gasteiger partial charge in [0.15, 0.2) is 11.5 Å². The van der Waals surface area contributed by atoms with Gasteiger partial charge < -0.3 is 24.6 Å². The predicted molar refractivity (Wildman–Crippen MR) is 110 cm³/mol. The summed E-state index contributed by atoms with van der Waals surface area (Å²) < 4.78 is 11.9. The van der Waals surface area contributed by atoms with Gasteiger partial charge in [0.1, 0.15) is 13.2 Å². The SMILES string of the molecule is CN1C(=O)CCN(CC(=O)Nc2cc3c(cc2Br)OCCO3)c2ccccc21. The Labute approximate surface area is 171 Å². The zero-order valence-electron chi connectivity index (χ0n) is 15.4. The van der Waals surface area contributed by atoms with E-state index in [0.29, 0.717) is 43.4 Å². The van der Waals surface area contributed by atoms with Gasteiger partial charge in [0.2, 0.25) is 11.8 Å². The number of nitrogens with one attached hydrogen (secondary N) is 1. The average Bonchev–Trinajstić information content (AvgIpc) is 2.81. The topological polar surface area (TPSA) is 71.1 Å². The van der Waals surface area contributed by atoms with Crippen molar-refractivity contribution in [1.29, 1.82) is 0 Å². The quantitative estimate of drug-likeness (QED) is 0.785. The van der Waals surface area contributed by atoms with E-state index in [4.69, 9.17) is 9.47 Å². The zero-order chi connectivity index (χ0) is 19.7. The zero-order valence-corrected chi connectivity index (χ0v) is 17.0. The van der Waals surface area contributed by atoms with Crippen LogP contribution in [0.3, 0.4) is 0 Å². The molecule has 7 nitrogen and oxygen atoms in total. The number of hydrogen-bond acceptors (Lipinski definition) is 5. The monoisotopic (exact) mass is 445 g/mol. The molecule has 28 heavy (non-hydrogen) atoms. The Balaban J connectivity index is 1.53. The number of anilines is 3. The summed E-state index contributed by atoms with van der Waals surface area (Å²) in [6, 6.07) is 11.2. The minimum atomic E-state index is -0.177. The maximum absolute atomic E-state index is 12.7. The van der Waals surface area contributed by atoms with Gasteiger partial charge in [0.25, 0.3) is 0 Å². The highest BCUT2D eigenvalue weighted by Gasteiger charge is 2.25. The van der Waals surface area contributed by atoms with Crippen LogP contribution in [0.5, 0.6) is 11.5 Å².